The zero-order valence-corrected chi connectivity index (χ0v) is 91.2. The van der Waals surface area contributed by atoms with Crippen LogP contribution in [0.4, 0.5) is 15.3 Å². The van der Waals surface area contributed by atoms with E-state index in [1.54, 1.807) is 19.9 Å². The van der Waals surface area contributed by atoms with E-state index in [2.05, 4.69) is 110 Å². The van der Waals surface area contributed by atoms with Gasteiger partial charge in [0.05, 0.1) is 233 Å². The number of Topliss-reactive ketones (excluding diaryl/α,β-unsaturated/α-hetero) is 1. The Morgan fingerprint density at radius 3 is 1.62 bits per heavy atom. The van der Waals surface area contributed by atoms with Gasteiger partial charge in [-0.1, -0.05) is 79.4 Å². The maximum absolute atomic E-state index is 15.1. The number of carbonyl (C=O) groups is 10. The quantitative estimate of drug-likeness (QED) is 0.0176. The summed E-state index contributed by atoms with van der Waals surface area (Å²) >= 11 is 0. The Kier molecular flexibility index (Phi) is 50.5. The highest BCUT2D eigenvalue weighted by molar-refractivity contribution is 6.01. The predicted molar refractivity (Wildman–Crippen MR) is 563 cm³/mol. The molecule has 11 rings (SSSR count). The van der Waals surface area contributed by atoms with Crippen LogP contribution in [0.2, 0.25) is 0 Å². The minimum atomic E-state index is -1.13. The number of hydrogen-bond acceptors (Lipinski definition) is 31. The Balaban J connectivity index is 0.615. The second-order valence-electron chi connectivity index (χ2n) is 43.8. The van der Waals surface area contributed by atoms with Gasteiger partial charge in [0.1, 0.15) is 24.5 Å². The molecular weight excluding hydrogens is 1930 g/mol. The van der Waals surface area contributed by atoms with Gasteiger partial charge >= 0.3 is 12.1 Å². The van der Waals surface area contributed by atoms with Crippen LogP contribution in [0.3, 0.4) is 0 Å². The van der Waals surface area contributed by atoms with Gasteiger partial charge in [-0.2, -0.15) is 0 Å². The summed E-state index contributed by atoms with van der Waals surface area (Å²) in [4.78, 5) is 139. The first-order chi connectivity index (χ1) is 72.3. The first-order valence-corrected chi connectivity index (χ1v) is 55.5. The molecule has 0 bridgehead atoms. The molecule has 150 heavy (non-hydrogen) atoms. The fourth-order valence-electron chi connectivity index (χ4n) is 23.3. The molecule has 0 radical (unpaired) electrons. The first kappa shape index (κ1) is 121. The molecule has 2 aromatic rings. The van der Waals surface area contributed by atoms with E-state index in [1.807, 2.05) is 56.2 Å². The molecule has 2 aromatic carbocycles. The van der Waals surface area contributed by atoms with Gasteiger partial charge in [-0.15, -0.1) is 11.1 Å². The number of rotatable bonds is 70. The molecule has 0 saturated heterocycles. The predicted octanol–water partition coefficient (Wildman–Crippen LogP) is 7.22. The Morgan fingerprint density at radius 2 is 1.03 bits per heavy atom. The normalized spacial score (nSPS) is 23.4. The van der Waals surface area contributed by atoms with Crippen LogP contribution in [0.15, 0.2) is 59.2 Å². The van der Waals surface area contributed by atoms with Crippen molar-refractivity contribution in [2.45, 2.75) is 244 Å². The van der Waals surface area contributed by atoms with Crippen LogP contribution in [0.1, 0.15) is 224 Å². The maximum Gasteiger partial charge on any atom is 0.407 e. The van der Waals surface area contributed by atoms with E-state index in [9.17, 15) is 48.3 Å². The van der Waals surface area contributed by atoms with Crippen LogP contribution >= 0.6 is 0 Å². The van der Waals surface area contributed by atoms with E-state index in [1.165, 1.54) is 17.0 Å². The molecule has 13 atom stereocenters. The number of imide groups is 1. The number of primary amides is 1. The second kappa shape index (κ2) is 62.5. The Labute approximate surface area is 887 Å². The first-order valence-electron chi connectivity index (χ1n) is 55.5. The Hall–Kier alpha value is -9.02. The zero-order chi connectivity index (χ0) is 107. The van der Waals surface area contributed by atoms with Crippen LogP contribution in [-0.4, -0.2) is 336 Å². The lowest BCUT2D eigenvalue weighted by Gasteiger charge is -2.56. The molecule has 844 valence electrons. The molecule has 3 saturated carbocycles. The summed E-state index contributed by atoms with van der Waals surface area (Å²) in [5.41, 5.74) is 25.4. The summed E-state index contributed by atoms with van der Waals surface area (Å²) in [5, 5.41) is 41.2. The van der Waals surface area contributed by atoms with Crippen LogP contribution in [0.25, 0.3) is 0 Å². The lowest BCUT2D eigenvalue weighted by atomic mass is 9.49. The van der Waals surface area contributed by atoms with Crippen LogP contribution in [-0.2, 0) is 124 Å². The Morgan fingerprint density at radius 1 is 0.500 bits per heavy atom. The fourth-order valence-corrected chi connectivity index (χ4v) is 23.3. The van der Waals surface area contributed by atoms with Crippen molar-refractivity contribution in [1.82, 2.24) is 74.5 Å². The number of anilines is 1. The number of phenols is 1. The summed E-state index contributed by atoms with van der Waals surface area (Å²) < 4.78 is 75.5. The van der Waals surface area contributed by atoms with E-state index >= 15 is 4.79 Å². The number of nitrogens with zero attached hydrogens (tertiary/aromatic N) is 3. The number of phenolic OH excluding ortho intramolecular Hbond substituents is 1. The smallest absolute Gasteiger partial charge is 0.407 e. The number of aromatic hydroxyl groups is 1. The number of allylic oxidation sites excluding steroid dienone is 3. The molecule has 41 nitrogen and oxygen atoms in total. The molecule has 10 amide bonds. The number of urea groups is 1. The Bertz CT molecular complexity index is 4660. The van der Waals surface area contributed by atoms with Gasteiger partial charge in [-0.3, -0.25) is 53.7 Å². The molecule has 2 aliphatic heterocycles. The second-order valence-corrected chi connectivity index (χ2v) is 43.8. The van der Waals surface area contributed by atoms with Gasteiger partial charge in [0.25, 0.3) is 0 Å². The van der Waals surface area contributed by atoms with E-state index in [0.29, 0.717) is 213 Å². The van der Waals surface area contributed by atoms with Gasteiger partial charge in [-0.05, 0) is 228 Å². The van der Waals surface area contributed by atoms with Crippen molar-refractivity contribution in [3.8, 4) is 5.75 Å². The molecule has 7 aliphatic carbocycles. The summed E-state index contributed by atoms with van der Waals surface area (Å²) in [6.45, 7) is 24.7. The number of carbonyl (C=O) groups excluding carboxylic acids is 10. The van der Waals surface area contributed by atoms with E-state index in [-0.39, 0.29) is 144 Å². The van der Waals surface area contributed by atoms with Gasteiger partial charge in [0.15, 0.2) is 5.78 Å². The average molecular weight is 2110 g/mol. The van der Waals surface area contributed by atoms with Crippen molar-refractivity contribution in [2.24, 2.45) is 58.0 Å². The number of nitrogens with two attached hydrogens (primary N) is 1. The molecule has 16 N–H and O–H groups in total. The topological polar surface area (TPSA) is 500 Å². The maximum atomic E-state index is 15.1. The number of ether oxygens (including phenoxy) is 13. The highest BCUT2D eigenvalue weighted by Gasteiger charge is 2.59. The van der Waals surface area contributed by atoms with Crippen molar-refractivity contribution >= 4 is 64.9 Å². The summed E-state index contributed by atoms with van der Waals surface area (Å²) in [6.07, 6.45) is 16.1. The van der Waals surface area contributed by atoms with Crippen molar-refractivity contribution in [3.63, 3.8) is 0 Å². The van der Waals surface area contributed by atoms with Crippen LogP contribution in [0, 0.1) is 52.3 Å². The van der Waals surface area contributed by atoms with Gasteiger partial charge in [0, 0.05) is 62.7 Å². The van der Waals surface area contributed by atoms with E-state index in [4.69, 9.17) is 67.3 Å². The molecule has 41 heteroatoms. The van der Waals surface area contributed by atoms with Crippen LogP contribution < -0.4 is 75.5 Å². The van der Waals surface area contributed by atoms with Crippen molar-refractivity contribution in [1.29, 1.82) is 0 Å². The molecule has 1 unspecified atom stereocenters. The van der Waals surface area contributed by atoms with Crippen molar-refractivity contribution in [3.05, 3.63) is 81.4 Å². The number of amides is 10. The summed E-state index contributed by atoms with van der Waals surface area (Å²) in [5.74, 6) is -2.90. The molecule has 0 spiro atoms. The monoisotopic (exact) mass is 2110 g/mol. The molecule has 3 fully saturated rings. The minimum absolute atomic E-state index is 0.0000824. The zero-order valence-electron chi connectivity index (χ0n) is 91.2. The van der Waals surface area contributed by atoms with E-state index in [0.717, 1.165) is 136 Å². The fraction of sp³-hybridized carbons (Fsp3) is 0.761. The SMILES string of the molecule is CNCCOCCOCCOCCN1NNC2=C1CC[C@@H]1[C@H](CC2)[C@@H]1COC(=O)NCCOCCOCCOCCOCCC(=O)N[C@H](CCCCNC(=O)COC1CCCCCC2=C1NNN2CCOCCOCCOCCOCCC(=O)NCC[N+](C)(C)C)C(=O)N[C@H](C(=O)C[C@@H](CCCNC(N)=O)C(=O)Nc1ccc2c(c1)[C@@]1(C)CCC[C@](C)(C(=O)NC(=O)[C@@]3(C)CCC[C@]4(C)c5cc(O)ccc5CC[C@@H]34)[C@@H]1CC2)C(C)C. The number of hydrazine groups is 4. The van der Waals surface area contributed by atoms with Gasteiger partial charge in [0.2, 0.25) is 41.4 Å². The van der Waals surface area contributed by atoms with Crippen molar-refractivity contribution < 1.29 is 119 Å². The third-order valence-corrected chi connectivity index (χ3v) is 31.7. The third kappa shape index (κ3) is 37.7. The number of fused-ring (bicyclic) bond motifs is 7. The number of unbranched alkanes of at least 4 members (excludes halogenated alkanes) is 1. The number of nitrogens with one attached hydrogen (secondary N) is 13. The standard InChI is InChI=1S/C109H179N17O24/c1-76(2)98(91(128)71-79(19-16-42-114-104(110)136)100(132)116-80-27-23-77-25-33-93-106(3,85(77)72-80)37-17-39-108(93,5)102(134)119-103(135)109(6)40-18-38-107(4)86-73-81(127)28-24-78(86)26-34-94(107)109)118-101(133)88(20-14-15-41-112-97(131)75-149-92-22-13-11-12-21-90-99(92)121-123-125(90)47-54-143-60-66-148-70-68-144-61-55-138-49-35-95(129)113-43-48-126(8,9)10)117-96(130)36-50-139-56-62-145-67-69-147-64-58-141-52-45-115-105(137)150-74-84-82-29-31-87-89(32-30-83(82)84)124(122-120-87)46-53-142-59-65-146-63-57-140-51-44-111-7/h23-24,27-28,72-73,76,79,82-84,88,92-94,98,111,120-123H,11-22,25-26,29-71,74-75H2,1-10H3,(H10-,110,112,113,114,115,116,117,118,119,127,129,130,131,132,133,134,135,136,137)/p+1/t79-,82+,83-,84+,88-,92?,93-,94-,98+,106-,107-,108+,109+/m1/s1. The lowest BCUT2D eigenvalue weighted by Crippen LogP contribution is -2.60. The molecular formula is C109H180N17O24+. The number of benzene rings is 2. The van der Waals surface area contributed by atoms with E-state index < -0.39 is 75.8 Å². The molecule has 2 heterocycles. The summed E-state index contributed by atoms with van der Waals surface area (Å²) in [7, 11) is 8.13. The number of alkyl carbamates (subject to hydrolysis) is 1. The number of hydrogen-bond donors (Lipinski definition) is 15. The minimum Gasteiger partial charge on any atom is -0.508 e. The molecule has 0 aromatic heterocycles. The van der Waals surface area contributed by atoms with Gasteiger partial charge in [-0.25, -0.2) is 9.59 Å². The number of likely N-dealkylation sites (N-methyl/N-ethyl adjacent to an activating group) is 2. The number of ketones is 1. The highest BCUT2D eigenvalue weighted by atomic mass is 16.6. The van der Waals surface area contributed by atoms with Gasteiger partial charge < -0.3 is 130 Å². The number of quaternary nitrogens is 1. The summed E-state index contributed by atoms with van der Waals surface area (Å²) in [6, 6.07) is 8.47. The average Bonchev–Trinajstić information content (AvgIpc) is 1.04. The largest absolute Gasteiger partial charge is 0.508 e. The lowest BCUT2D eigenvalue weighted by molar-refractivity contribution is -0.869. The van der Waals surface area contributed by atoms with Crippen LogP contribution in [0.5, 0.6) is 5.75 Å². The third-order valence-electron chi connectivity index (χ3n) is 31.7. The number of aryl methyl sites for hydroxylation is 2. The molecule has 9 aliphatic rings. The van der Waals surface area contributed by atoms with Crippen molar-refractivity contribution in [2.75, 3.05) is 244 Å². The highest BCUT2D eigenvalue weighted by Crippen LogP contribution is 2.61.